The molecule has 0 atom stereocenters. The quantitative estimate of drug-likeness (QED) is 0.347. The van der Waals surface area contributed by atoms with Crippen molar-refractivity contribution in [2.75, 3.05) is 0 Å². The highest BCUT2D eigenvalue weighted by Crippen LogP contribution is 2.32. The van der Waals surface area contributed by atoms with Crippen LogP contribution >= 0.6 is 0 Å². The number of benzene rings is 3. The van der Waals surface area contributed by atoms with Gasteiger partial charge in [0, 0.05) is 17.3 Å². The second-order valence-electron chi connectivity index (χ2n) is 6.88. The van der Waals surface area contributed by atoms with Crippen molar-refractivity contribution in [3.05, 3.63) is 109 Å². The lowest BCUT2D eigenvalue weighted by Crippen LogP contribution is -1.92. The summed E-state index contributed by atoms with van der Waals surface area (Å²) in [5.74, 6) is -0.257. The zero-order chi connectivity index (χ0) is 19.6. The van der Waals surface area contributed by atoms with E-state index < -0.39 is 0 Å². The summed E-state index contributed by atoms with van der Waals surface area (Å²) < 4.78 is 13.3. The number of fused-ring (bicyclic) bond motifs is 1. The molecule has 5 aromatic rings. The lowest BCUT2D eigenvalue weighted by molar-refractivity contribution is 0.628. The fraction of sp³-hybridized carbons (Fsp3) is 0. The Hall–Kier alpha value is -3.85. The van der Waals surface area contributed by atoms with E-state index >= 15 is 0 Å². The molecule has 0 N–H and O–H groups in total. The topological polar surface area (TPSA) is 25.8 Å². The molecule has 0 bridgehead atoms. The first-order chi connectivity index (χ1) is 14.3. The maximum Gasteiger partial charge on any atom is 0.123 e. The second-order valence-corrected chi connectivity index (χ2v) is 6.88. The van der Waals surface area contributed by atoms with Gasteiger partial charge in [0.25, 0.3) is 0 Å². The molecule has 138 valence electrons. The van der Waals surface area contributed by atoms with Crippen LogP contribution in [0.5, 0.6) is 0 Å². The minimum Gasteiger partial charge on any atom is -0.254 e. The maximum atomic E-state index is 13.3. The van der Waals surface area contributed by atoms with E-state index in [9.17, 15) is 4.39 Å². The van der Waals surface area contributed by atoms with E-state index in [1.807, 2.05) is 36.4 Å². The molecule has 0 aliphatic heterocycles. The molecule has 0 saturated heterocycles. The van der Waals surface area contributed by atoms with Gasteiger partial charge in [-0.2, -0.15) is 0 Å². The number of halogens is 1. The molecule has 3 heteroatoms. The van der Waals surface area contributed by atoms with Gasteiger partial charge in [0.15, 0.2) is 0 Å². The lowest BCUT2D eigenvalue weighted by Gasteiger charge is -2.10. The zero-order valence-electron chi connectivity index (χ0n) is 15.6. The summed E-state index contributed by atoms with van der Waals surface area (Å²) in [7, 11) is 0. The highest BCUT2D eigenvalue weighted by atomic mass is 19.1. The molecular formula is C26H17FN2. The Balaban J connectivity index is 1.64. The van der Waals surface area contributed by atoms with E-state index in [4.69, 9.17) is 4.98 Å². The van der Waals surface area contributed by atoms with E-state index in [1.54, 1.807) is 18.3 Å². The molecule has 0 fully saturated rings. The second kappa shape index (κ2) is 7.28. The normalized spacial score (nSPS) is 10.9. The third-order valence-corrected chi connectivity index (χ3v) is 5.01. The Morgan fingerprint density at radius 2 is 1.24 bits per heavy atom. The molecular weight excluding hydrogens is 359 g/mol. The number of pyridine rings is 2. The predicted molar refractivity (Wildman–Crippen MR) is 116 cm³/mol. The fourth-order valence-corrected chi connectivity index (χ4v) is 3.52. The van der Waals surface area contributed by atoms with Gasteiger partial charge in [-0.05, 0) is 59.2 Å². The van der Waals surface area contributed by atoms with Gasteiger partial charge < -0.3 is 0 Å². The first-order valence-corrected chi connectivity index (χ1v) is 9.45. The van der Waals surface area contributed by atoms with Gasteiger partial charge in [0.05, 0.1) is 16.7 Å². The lowest BCUT2D eigenvalue weighted by atomic mass is 9.98. The molecule has 0 unspecified atom stereocenters. The molecule has 3 aromatic carbocycles. The van der Waals surface area contributed by atoms with Gasteiger partial charge in [-0.3, -0.25) is 4.98 Å². The Morgan fingerprint density at radius 3 is 2.00 bits per heavy atom. The standard InChI is InChI=1S/C26H17FN2/c27-22-14-12-21(13-15-22)25-17-23(26-24(29-25)7-4-16-28-26)20-10-8-19(9-11-20)18-5-2-1-3-6-18/h1-17H. The van der Waals surface area contributed by atoms with Crippen molar-refractivity contribution in [2.45, 2.75) is 0 Å². The van der Waals surface area contributed by atoms with Crippen molar-refractivity contribution in [3.8, 4) is 33.5 Å². The summed E-state index contributed by atoms with van der Waals surface area (Å²) >= 11 is 0. The van der Waals surface area contributed by atoms with E-state index in [-0.39, 0.29) is 5.82 Å². The summed E-state index contributed by atoms with van der Waals surface area (Å²) in [4.78, 5) is 9.31. The largest absolute Gasteiger partial charge is 0.254 e. The zero-order valence-corrected chi connectivity index (χ0v) is 15.6. The van der Waals surface area contributed by atoms with Crippen molar-refractivity contribution in [2.24, 2.45) is 0 Å². The molecule has 0 radical (unpaired) electrons. The summed E-state index contributed by atoms with van der Waals surface area (Å²) in [5, 5.41) is 0. The molecule has 0 saturated carbocycles. The minimum atomic E-state index is -0.257. The van der Waals surface area contributed by atoms with Crippen LogP contribution in [-0.4, -0.2) is 9.97 Å². The molecule has 0 amide bonds. The smallest absolute Gasteiger partial charge is 0.123 e. The fourth-order valence-electron chi connectivity index (χ4n) is 3.52. The van der Waals surface area contributed by atoms with Crippen LogP contribution < -0.4 is 0 Å². The Bertz CT molecular complexity index is 1280. The first kappa shape index (κ1) is 17.3. The monoisotopic (exact) mass is 376 g/mol. The van der Waals surface area contributed by atoms with Gasteiger partial charge in [-0.25, -0.2) is 9.37 Å². The van der Waals surface area contributed by atoms with Crippen LogP contribution in [0, 0.1) is 5.82 Å². The highest BCUT2D eigenvalue weighted by Gasteiger charge is 2.11. The number of rotatable bonds is 3. The molecule has 2 heterocycles. The first-order valence-electron chi connectivity index (χ1n) is 9.45. The van der Waals surface area contributed by atoms with Gasteiger partial charge in [-0.15, -0.1) is 0 Å². The molecule has 2 nitrogen and oxygen atoms in total. The van der Waals surface area contributed by atoms with Crippen molar-refractivity contribution in [1.82, 2.24) is 9.97 Å². The number of hydrogen-bond donors (Lipinski definition) is 0. The van der Waals surface area contributed by atoms with Crippen LogP contribution in [-0.2, 0) is 0 Å². The Morgan fingerprint density at radius 1 is 0.586 bits per heavy atom. The Kier molecular flexibility index (Phi) is 4.34. The van der Waals surface area contributed by atoms with E-state index in [2.05, 4.69) is 41.4 Å². The molecule has 0 spiro atoms. The van der Waals surface area contributed by atoms with Crippen molar-refractivity contribution in [1.29, 1.82) is 0 Å². The third kappa shape index (κ3) is 3.39. The number of aromatic nitrogens is 2. The van der Waals surface area contributed by atoms with Crippen LogP contribution in [0.25, 0.3) is 44.5 Å². The average molecular weight is 376 g/mol. The maximum absolute atomic E-state index is 13.3. The average Bonchev–Trinajstić information content (AvgIpc) is 2.79. The van der Waals surface area contributed by atoms with E-state index in [1.165, 1.54) is 23.3 Å². The molecule has 29 heavy (non-hydrogen) atoms. The number of hydrogen-bond acceptors (Lipinski definition) is 2. The number of nitrogens with zero attached hydrogens (tertiary/aromatic N) is 2. The van der Waals surface area contributed by atoms with Crippen molar-refractivity contribution >= 4 is 11.0 Å². The molecule has 2 aromatic heterocycles. The van der Waals surface area contributed by atoms with Crippen LogP contribution in [0.15, 0.2) is 103 Å². The highest BCUT2D eigenvalue weighted by molar-refractivity contribution is 5.94. The molecule has 0 aliphatic rings. The van der Waals surface area contributed by atoms with Crippen molar-refractivity contribution < 1.29 is 4.39 Å². The van der Waals surface area contributed by atoms with Gasteiger partial charge in [-0.1, -0.05) is 54.6 Å². The Labute approximate surface area is 168 Å². The predicted octanol–water partition coefficient (Wildman–Crippen LogP) is 6.77. The van der Waals surface area contributed by atoms with E-state index in [0.717, 1.165) is 33.4 Å². The van der Waals surface area contributed by atoms with Crippen LogP contribution in [0.3, 0.4) is 0 Å². The van der Waals surface area contributed by atoms with E-state index in [0.29, 0.717) is 0 Å². The summed E-state index contributed by atoms with van der Waals surface area (Å²) in [5.41, 5.74) is 7.77. The summed E-state index contributed by atoms with van der Waals surface area (Å²) in [6.07, 6.45) is 1.78. The SMILES string of the molecule is Fc1ccc(-c2cc(-c3ccc(-c4ccccc4)cc3)c3ncccc3n2)cc1. The van der Waals surface area contributed by atoms with Crippen molar-refractivity contribution in [3.63, 3.8) is 0 Å². The molecule has 0 aliphatic carbocycles. The van der Waals surface area contributed by atoms with Crippen LogP contribution in [0.2, 0.25) is 0 Å². The summed E-state index contributed by atoms with van der Waals surface area (Å²) in [6.45, 7) is 0. The molecule has 5 rings (SSSR count). The summed E-state index contributed by atoms with van der Waals surface area (Å²) in [6, 6.07) is 31.1. The van der Waals surface area contributed by atoms with Gasteiger partial charge >= 0.3 is 0 Å². The van der Waals surface area contributed by atoms with Crippen LogP contribution in [0.1, 0.15) is 0 Å². The minimum absolute atomic E-state index is 0.257. The van der Waals surface area contributed by atoms with Gasteiger partial charge in [0.1, 0.15) is 5.82 Å². The van der Waals surface area contributed by atoms with Gasteiger partial charge in [0.2, 0.25) is 0 Å². The third-order valence-electron chi connectivity index (χ3n) is 5.01. The van der Waals surface area contributed by atoms with Crippen LogP contribution in [0.4, 0.5) is 4.39 Å².